The monoisotopic (exact) mass is 378 g/mol. The quantitative estimate of drug-likeness (QED) is 0.718. The van der Waals surface area contributed by atoms with Gasteiger partial charge in [0.2, 0.25) is 0 Å². The van der Waals surface area contributed by atoms with Gasteiger partial charge in [-0.1, -0.05) is 44.0 Å². The second-order valence-electron chi connectivity index (χ2n) is 9.79. The molecule has 2 N–H and O–H groups in total. The molecule has 0 saturated heterocycles. The van der Waals surface area contributed by atoms with Crippen LogP contribution in [0, 0.1) is 34.5 Å². The van der Waals surface area contributed by atoms with E-state index in [-0.39, 0.29) is 17.8 Å². The molecule has 0 aromatic heterocycles. The van der Waals surface area contributed by atoms with Gasteiger partial charge in [-0.25, -0.2) is 0 Å². The van der Waals surface area contributed by atoms with Gasteiger partial charge in [0.05, 0.1) is 6.61 Å². The molecule has 0 amide bonds. The number of fused-ring (bicyclic) bond motifs is 5. The zero-order chi connectivity index (χ0) is 18.9. The zero-order valence-corrected chi connectivity index (χ0v) is 16.9. The summed E-state index contributed by atoms with van der Waals surface area (Å²) in [5.41, 5.74) is -0.269. The average Bonchev–Trinajstić information content (AvgIpc) is 2.60. The second kappa shape index (κ2) is 5.93. The number of carbonyl (C=O) groups excluding carboxylic acids is 1. The van der Waals surface area contributed by atoms with E-state index in [0.717, 1.165) is 32.1 Å². The van der Waals surface area contributed by atoms with Crippen LogP contribution >= 0.6 is 11.6 Å². The Balaban J connectivity index is 1.78. The maximum Gasteiger partial charge on any atom is 0.155 e. The molecule has 0 aromatic carbocycles. The molecule has 3 nitrogen and oxygen atoms in total. The lowest BCUT2D eigenvalue weighted by molar-refractivity contribution is -0.174. The van der Waals surface area contributed by atoms with Crippen molar-refractivity contribution in [3.63, 3.8) is 0 Å². The number of aliphatic hydroxyl groups is 2. The number of carbonyl (C=O) groups is 1. The van der Waals surface area contributed by atoms with Crippen LogP contribution in [0.15, 0.2) is 22.8 Å². The van der Waals surface area contributed by atoms with E-state index in [4.69, 9.17) is 11.6 Å². The average molecular weight is 379 g/mol. The fourth-order valence-electron chi connectivity index (χ4n) is 7.11. The first-order chi connectivity index (χ1) is 12.2. The lowest BCUT2D eigenvalue weighted by Crippen LogP contribution is -2.63. The highest BCUT2D eigenvalue weighted by atomic mass is 35.5. The van der Waals surface area contributed by atoms with E-state index >= 15 is 0 Å². The summed E-state index contributed by atoms with van der Waals surface area (Å²) in [4.78, 5) is 12.0. The van der Waals surface area contributed by atoms with Crippen molar-refractivity contribution in [3.05, 3.63) is 22.8 Å². The first kappa shape index (κ1) is 18.7. The lowest BCUT2D eigenvalue weighted by atomic mass is 9.41. The van der Waals surface area contributed by atoms with Crippen LogP contribution in [0.3, 0.4) is 0 Å². The van der Waals surface area contributed by atoms with Crippen LogP contribution in [0.1, 0.15) is 59.3 Å². The summed E-state index contributed by atoms with van der Waals surface area (Å²) < 4.78 is 0. The molecular formula is C22H31ClO3. The van der Waals surface area contributed by atoms with Gasteiger partial charge in [0.25, 0.3) is 0 Å². The minimum atomic E-state index is -1.33. The number of hydrogen-bond donors (Lipinski definition) is 2. The van der Waals surface area contributed by atoms with Gasteiger partial charge >= 0.3 is 0 Å². The van der Waals surface area contributed by atoms with Crippen LogP contribution in [0.4, 0.5) is 0 Å². The van der Waals surface area contributed by atoms with E-state index in [1.807, 2.05) is 12.2 Å². The topological polar surface area (TPSA) is 57.5 Å². The van der Waals surface area contributed by atoms with Crippen molar-refractivity contribution in [3.8, 4) is 0 Å². The summed E-state index contributed by atoms with van der Waals surface area (Å²) in [5.74, 6) is 2.10. The number of halogens is 1. The third-order valence-corrected chi connectivity index (χ3v) is 9.29. The van der Waals surface area contributed by atoms with Crippen molar-refractivity contribution < 1.29 is 15.0 Å². The third-order valence-electron chi connectivity index (χ3n) is 8.82. The molecule has 0 aliphatic heterocycles. The van der Waals surface area contributed by atoms with Crippen molar-refractivity contribution in [2.24, 2.45) is 34.5 Å². The Labute approximate surface area is 161 Å². The predicted octanol–water partition coefficient (Wildman–Crippen LogP) is 4.22. The van der Waals surface area contributed by atoms with Gasteiger partial charge in [0.15, 0.2) is 5.78 Å². The molecule has 2 saturated carbocycles. The van der Waals surface area contributed by atoms with E-state index in [9.17, 15) is 15.0 Å². The number of ketones is 1. The molecule has 0 spiro atoms. The molecule has 4 aliphatic rings. The van der Waals surface area contributed by atoms with Crippen LogP contribution in [0.5, 0.6) is 0 Å². The van der Waals surface area contributed by atoms with E-state index < -0.39 is 11.0 Å². The summed E-state index contributed by atoms with van der Waals surface area (Å²) in [6.07, 6.45) is 9.23. The Bertz CT molecular complexity index is 698. The Kier molecular flexibility index (Phi) is 4.26. The minimum absolute atomic E-state index is 0.106. The molecule has 0 heterocycles. The van der Waals surface area contributed by atoms with E-state index in [0.29, 0.717) is 35.1 Å². The van der Waals surface area contributed by atoms with Crippen molar-refractivity contribution in [1.82, 2.24) is 0 Å². The molecule has 26 heavy (non-hydrogen) atoms. The molecule has 4 rings (SSSR count). The number of hydrogen-bond acceptors (Lipinski definition) is 3. The fraction of sp³-hybridized carbons (Fsp3) is 0.773. The molecule has 144 valence electrons. The molecule has 2 fully saturated rings. The lowest BCUT2D eigenvalue weighted by Gasteiger charge is -2.64. The molecule has 1 unspecified atom stereocenters. The number of rotatable bonds is 1. The van der Waals surface area contributed by atoms with Gasteiger partial charge in [-0.05, 0) is 67.3 Å². The Morgan fingerprint density at radius 2 is 2.00 bits per heavy atom. The van der Waals surface area contributed by atoms with Gasteiger partial charge in [-0.3, -0.25) is 4.79 Å². The Hall–Kier alpha value is -0.640. The van der Waals surface area contributed by atoms with Gasteiger partial charge in [0, 0.05) is 16.9 Å². The maximum absolute atomic E-state index is 12.0. The summed E-state index contributed by atoms with van der Waals surface area (Å²) in [5, 5.41) is 21.7. The van der Waals surface area contributed by atoms with Gasteiger partial charge in [0.1, 0.15) is 5.60 Å². The second-order valence-corrected chi connectivity index (χ2v) is 10.2. The smallest absolute Gasteiger partial charge is 0.155 e. The third kappa shape index (κ3) is 2.23. The highest BCUT2D eigenvalue weighted by molar-refractivity contribution is 6.30. The summed E-state index contributed by atoms with van der Waals surface area (Å²) in [6.45, 7) is 6.48. The summed E-state index contributed by atoms with van der Waals surface area (Å²) in [7, 11) is 0. The summed E-state index contributed by atoms with van der Waals surface area (Å²) >= 11 is 6.40. The molecule has 4 aliphatic carbocycles. The number of allylic oxidation sites excluding steroid dienone is 3. The van der Waals surface area contributed by atoms with Crippen molar-refractivity contribution in [1.29, 1.82) is 0 Å². The molecule has 0 aromatic rings. The van der Waals surface area contributed by atoms with Crippen LogP contribution < -0.4 is 0 Å². The first-order valence-corrected chi connectivity index (χ1v) is 10.5. The highest BCUT2D eigenvalue weighted by Crippen LogP contribution is 2.67. The fourth-order valence-corrected chi connectivity index (χ4v) is 7.47. The maximum atomic E-state index is 12.0. The summed E-state index contributed by atoms with van der Waals surface area (Å²) in [6, 6.07) is 0. The Morgan fingerprint density at radius 1 is 1.27 bits per heavy atom. The first-order valence-electron chi connectivity index (χ1n) is 10.1. The van der Waals surface area contributed by atoms with E-state index in [2.05, 4.69) is 20.8 Å². The van der Waals surface area contributed by atoms with Gasteiger partial charge < -0.3 is 10.2 Å². The van der Waals surface area contributed by atoms with E-state index in [1.54, 1.807) is 0 Å². The molecule has 0 radical (unpaired) electrons. The predicted molar refractivity (Wildman–Crippen MR) is 103 cm³/mol. The standard InChI is InChI=1S/C22H31ClO3/c1-13-10-14-11-15(25)6-8-20(14,2)16-7-9-21(3)17(19(13)16)4-5-18(23)22(21,26)12-24/h5,11,13,16-17,19,24,26H,4,6-10,12H2,1-3H3/t13-,16+,17+,19-,20+,21+,22?/m1/s1. The van der Waals surface area contributed by atoms with Crippen molar-refractivity contribution in [2.45, 2.75) is 64.9 Å². The van der Waals surface area contributed by atoms with Crippen molar-refractivity contribution >= 4 is 17.4 Å². The van der Waals surface area contributed by atoms with Gasteiger partial charge in [-0.2, -0.15) is 0 Å². The Morgan fingerprint density at radius 3 is 2.69 bits per heavy atom. The van der Waals surface area contributed by atoms with Gasteiger partial charge in [-0.15, -0.1) is 0 Å². The zero-order valence-electron chi connectivity index (χ0n) is 16.1. The largest absolute Gasteiger partial charge is 0.393 e. The van der Waals surface area contributed by atoms with Crippen LogP contribution in [0.2, 0.25) is 0 Å². The minimum Gasteiger partial charge on any atom is -0.393 e. The van der Waals surface area contributed by atoms with Crippen LogP contribution in [0.25, 0.3) is 0 Å². The normalized spacial score (nSPS) is 50.9. The van der Waals surface area contributed by atoms with E-state index in [1.165, 1.54) is 5.57 Å². The molecule has 4 heteroatoms. The molecular weight excluding hydrogens is 348 g/mol. The number of aliphatic hydroxyl groups excluding tert-OH is 1. The van der Waals surface area contributed by atoms with Crippen LogP contribution in [-0.2, 0) is 4.79 Å². The van der Waals surface area contributed by atoms with Crippen molar-refractivity contribution in [2.75, 3.05) is 6.61 Å². The molecule has 7 atom stereocenters. The SMILES string of the molecule is C[C@@H]1CC2=CC(=O)CC[C@]2(C)[C@H]2CC[C@@]3(C)[C@@H](CC=C(Cl)C3(O)CO)[C@H]12. The molecule has 0 bridgehead atoms. The highest BCUT2D eigenvalue weighted by Gasteiger charge is 2.63. The van der Waals surface area contributed by atoms with Crippen LogP contribution in [-0.4, -0.2) is 28.2 Å².